The molecule has 0 radical (unpaired) electrons. The van der Waals surface area contributed by atoms with Crippen molar-refractivity contribution in [1.82, 2.24) is 9.78 Å². The average Bonchev–Trinajstić information content (AvgIpc) is 2.30. The van der Waals surface area contributed by atoms with E-state index in [1.165, 1.54) is 0 Å². The quantitative estimate of drug-likeness (QED) is 0.894. The Hall–Kier alpha value is -0.0600. The van der Waals surface area contributed by atoms with E-state index in [1.807, 2.05) is 6.92 Å². The molecule has 1 aromatic rings. The third kappa shape index (κ3) is 2.24. The second kappa shape index (κ2) is 3.59. The fourth-order valence-corrected chi connectivity index (χ4v) is 1.41. The second-order valence-corrected chi connectivity index (χ2v) is 4.77. The van der Waals surface area contributed by atoms with Crippen LogP contribution in [0.3, 0.4) is 0 Å². The molecule has 1 unspecified atom stereocenters. The van der Waals surface area contributed by atoms with Gasteiger partial charge in [0, 0.05) is 0 Å². The topological polar surface area (TPSA) is 38.0 Å². The molecule has 1 N–H and O–H groups in total. The standard InChI is InChI=1S/C8H12BrClN2O/c1-5(8(2,3)13)12-7(10)6(9)4-11-12/h4-5,13H,1-3H3. The van der Waals surface area contributed by atoms with Crippen LogP contribution >= 0.6 is 27.5 Å². The van der Waals surface area contributed by atoms with Gasteiger partial charge in [0.15, 0.2) is 0 Å². The first-order valence-electron chi connectivity index (χ1n) is 3.95. The molecule has 0 fully saturated rings. The van der Waals surface area contributed by atoms with Crippen LogP contribution in [0, 0.1) is 0 Å². The zero-order chi connectivity index (χ0) is 10.2. The van der Waals surface area contributed by atoms with E-state index in [0.717, 1.165) is 4.47 Å². The van der Waals surface area contributed by atoms with Crippen molar-refractivity contribution < 1.29 is 5.11 Å². The Labute approximate surface area is 90.8 Å². The van der Waals surface area contributed by atoms with E-state index in [9.17, 15) is 5.11 Å². The zero-order valence-electron chi connectivity index (χ0n) is 7.75. The van der Waals surface area contributed by atoms with Gasteiger partial charge >= 0.3 is 0 Å². The highest BCUT2D eigenvalue weighted by Crippen LogP contribution is 2.29. The van der Waals surface area contributed by atoms with E-state index in [4.69, 9.17) is 11.6 Å². The molecule has 74 valence electrons. The molecule has 0 saturated heterocycles. The molecule has 0 aromatic carbocycles. The Morgan fingerprint density at radius 3 is 2.54 bits per heavy atom. The SMILES string of the molecule is CC(n1ncc(Br)c1Cl)C(C)(C)O. The van der Waals surface area contributed by atoms with Gasteiger partial charge < -0.3 is 5.11 Å². The van der Waals surface area contributed by atoms with Crippen LogP contribution in [-0.2, 0) is 0 Å². The Balaban J connectivity index is 3.02. The number of rotatable bonds is 2. The first kappa shape index (κ1) is 11.0. The Morgan fingerprint density at radius 2 is 2.23 bits per heavy atom. The average molecular weight is 268 g/mol. The molecule has 0 aliphatic rings. The van der Waals surface area contributed by atoms with Crippen molar-refractivity contribution in [3.8, 4) is 0 Å². The van der Waals surface area contributed by atoms with Crippen molar-refractivity contribution in [2.24, 2.45) is 0 Å². The number of nitrogens with zero attached hydrogens (tertiary/aromatic N) is 2. The lowest BCUT2D eigenvalue weighted by Gasteiger charge is -2.26. The molecule has 1 aromatic heterocycles. The Morgan fingerprint density at radius 1 is 1.69 bits per heavy atom. The van der Waals surface area contributed by atoms with E-state index in [-0.39, 0.29) is 6.04 Å². The molecule has 1 rings (SSSR count). The van der Waals surface area contributed by atoms with Crippen LogP contribution in [0.1, 0.15) is 26.8 Å². The molecule has 3 nitrogen and oxygen atoms in total. The first-order valence-corrected chi connectivity index (χ1v) is 5.12. The summed E-state index contributed by atoms with van der Waals surface area (Å²) in [6.07, 6.45) is 1.62. The normalized spacial score (nSPS) is 14.6. The highest BCUT2D eigenvalue weighted by atomic mass is 79.9. The largest absolute Gasteiger partial charge is 0.388 e. The van der Waals surface area contributed by atoms with Crippen molar-refractivity contribution in [2.75, 3.05) is 0 Å². The minimum Gasteiger partial charge on any atom is -0.388 e. The van der Waals surface area contributed by atoms with Gasteiger partial charge in [0.2, 0.25) is 0 Å². The van der Waals surface area contributed by atoms with Crippen LogP contribution in [0.2, 0.25) is 5.15 Å². The highest BCUT2D eigenvalue weighted by Gasteiger charge is 2.26. The lowest BCUT2D eigenvalue weighted by molar-refractivity contribution is 0.0259. The molecule has 0 aliphatic heterocycles. The monoisotopic (exact) mass is 266 g/mol. The van der Waals surface area contributed by atoms with Gasteiger partial charge in [-0.05, 0) is 36.7 Å². The van der Waals surface area contributed by atoms with E-state index in [0.29, 0.717) is 5.15 Å². The van der Waals surface area contributed by atoms with Crippen LogP contribution in [-0.4, -0.2) is 20.5 Å². The van der Waals surface area contributed by atoms with Gasteiger partial charge in [-0.15, -0.1) is 0 Å². The molecule has 13 heavy (non-hydrogen) atoms. The van der Waals surface area contributed by atoms with Crippen LogP contribution in [0.15, 0.2) is 10.7 Å². The fourth-order valence-electron chi connectivity index (χ4n) is 0.896. The lowest BCUT2D eigenvalue weighted by Crippen LogP contribution is -2.31. The summed E-state index contributed by atoms with van der Waals surface area (Å²) >= 11 is 9.21. The van der Waals surface area contributed by atoms with Crippen molar-refractivity contribution in [2.45, 2.75) is 32.4 Å². The summed E-state index contributed by atoms with van der Waals surface area (Å²) < 4.78 is 2.33. The molecular weight excluding hydrogens is 255 g/mol. The van der Waals surface area contributed by atoms with Crippen LogP contribution in [0.5, 0.6) is 0 Å². The van der Waals surface area contributed by atoms with Crippen molar-refractivity contribution in [1.29, 1.82) is 0 Å². The molecule has 0 bridgehead atoms. The molecule has 0 amide bonds. The number of hydrogen-bond donors (Lipinski definition) is 1. The van der Waals surface area contributed by atoms with Crippen molar-refractivity contribution >= 4 is 27.5 Å². The summed E-state index contributed by atoms with van der Waals surface area (Å²) in [6.45, 7) is 5.32. The van der Waals surface area contributed by atoms with Crippen LogP contribution in [0.4, 0.5) is 0 Å². The maximum atomic E-state index is 9.74. The van der Waals surface area contributed by atoms with E-state index in [1.54, 1.807) is 24.7 Å². The van der Waals surface area contributed by atoms with Gasteiger partial charge in [0.05, 0.1) is 22.3 Å². The maximum Gasteiger partial charge on any atom is 0.141 e. The molecular formula is C8H12BrClN2O. The number of aromatic nitrogens is 2. The van der Waals surface area contributed by atoms with Gasteiger partial charge in [-0.1, -0.05) is 11.6 Å². The third-order valence-electron chi connectivity index (χ3n) is 2.08. The maximum absolute atomic E-state index is 9.74. The summed E-state index contributed by atoms with van der Waals surface area (Å²) in [6, 6.07) is -0.161. The smallest absolute Gasteiger partial charge is 0.141 e. The number of halogens is 2. The predicted molar refractivity (Wildman–Crippen MR) is 55.9 cm³/mol. The zero-order valence-corrected chi connectivity index (χ0v) is 10.1. The lowest BCUT2D eigenvalue weighted by atomic mass is 10.0. The van der Waals surface area contributed by atoms with Crippen molar-refractivity contribution in [3.05, 3.63) is 15.8 Å². The molecule has 0 spiro atoms. The van der Waals surface area contributed by atoms with E-state index < -0.39 is 5.60 Å². The molecule has 0 aliphatic carbocycles. The van der Waals surface area contributed by atoms with E-state index in [2.05, 4.69) is 21.0 Å². The van der Waals surface area contributed by atoms with Gasteiger partial charge in [0.1, 0.15) is 5.15 Å². The Kier molecular flexibility index (Phi) is 3.05. The minimum atomic E-state index is -0.838. The summed E-state index contributed by atoms with van der Waals surface area (Å²) in [5.41, 5.74) is -0.838. The van der Waals surface area contributed by atoms with Crippen LogP contribution in [0.25, 0.3) is 0 Å². The summed E-state index contributed by atoms with van der Waals surface area (Å²) in [5, 5.41) is 14.3. The first-order chi connectivity index (χ1) is 5.84. The van der Waals surface area contributed by atoms with Gasteiger partial charge in [-0.25, -0.2) is 4.68 Å². The third-order valence-corrected chi connectivity index (χ3v) is 3.27. The number of aliphatic hydroxyl groups is 1. The fraction of sp³-hybridized carbons (Fsp3) is 0.625. The van der Waals surface area contributed by atoms with E-state index >= 15 is 0 Å². The van der Waals surface area contributed by atoms with Gasteiger partial charge in [0.25, 0.3) is 0 Å². The molecule has 1 atom stereocenters. The summed E-state index contributed by atoms with van der Waals surface area (Å²) in [7, 11) is 0. The highest BCUT2D eigenvalue weighted by molar-refractivity contribution is 9.10. The summed E-state index contributed by atoms with van der Waals surface area (Å²) in [5.74, 6) is 0. The van der Waals surface area contributed by atoms with Gasteiger partial charge in [-0.2, -0.15) is 5.10 Å². The molecule has 1 heterocycles. The predicted octanol–water partition coefficient (Wildman–Crippen LogP) is 2.63. The molecule has 0 saturated carbocycles. The Bertz CT molecular complexity index is 306. The second-order valence-electron chi connectivity index (χ2n) is 3.56. The van der Waals surface area contributed by atoms with Crippen molar-refractivity contribution in [3.63, 3.8) is 0 Å². The molecule has 5 heteroatoms. The van der Waals surface area contributed by atoms with Gasteiger partial charge in [-0.3, -0.25) is 0 Å². The van der Waals surface area contributed by atoms with Crippen LogP contribution < -0.4 is 0 Å². The minimum absolute atomic E-state index is 0.161. The number of hydrogen-bond acceptors (Lipinski definition) is 2. The summed E-state index contributed by atoms with van der Waals surface area (Å²) in [4.78, 5) is 0.